The summed E-state index contributed by atoms with van der Waals surface area (Å²) in [7, 11) is 0. The van der Waals surface area contributed by atoms with E-state index in [0.717, 1.165) is 31.0 Å². The highest BCUT2D eigenvalue weighted by Gasteiger charge is 2.18. The fraction of sp³-hybridized carbons (Fsp3) is 0.273. The number of nitrogens with one attached hydrogen (secondary N) is 2. The van der Waals surface area contributed by atoms with Crippen molar-refractivity contribution >= 4 is 54.4 Å². The number of hydrogen-bond donors (Lipinski definition) is 4. The van der Waals surface area contributed by atoms with Crippen LogP contribution in [0.1, 0.15) is 17.5 Å². The third kappa shape index (κ3) is 6.09. The van der Waals surface area contributed by atoms with Crippen LogP contribution in [0, 0.1) is 0 Å². The van der Waals surface area contributed by atoms with Crippen molar-refractivity contribution in [2.24, 2.45) is 10.9 Å². The molecular weight excluding hydrogens is 528 g/mol. The number of nitrogens with two attached hydrogens (primary N) is 1. The van der Waals surface area contributed by atoms with Crippen LogP contribution in [-0.4, -0.2) is 41.5 Å². The zero-order valence-corrected chi connectivity index (χ0v) is 20.0. The summed E-state index contributed by atoms with van der Waals surface area (Å²) in [5.41, 5.74) is 8.44. The van der Waals surface area contributed by atoms with E-state index in [2.05, 4.69) is 47.3 Å². The van der Waals surface area contributed by atoms with E-state index in [1.165, 1.54) is 0 Å². The topological polar surface area (TPSA) is 113 Å². The van der Waals surface area contributed by atoms with Crippen LogP contribution in [-0.2, 0) is 17.6 Å². The van der Waals surface area contributed by atoms with Gasteiger partial charge >= 0.3 is 0 Å². The van der Waals surface area contributed by atoms with Crippen molar-refractivity contribution in [3.05, 3.63) is 62.7 Å². The molecule has 0 unspecified atom stereocenters. The van der Waals surface area contributed by atoms with Gasteiger partial charge in [0.15, 0.2) is 0 Å². The van der Waals surface area contributed by atoms with Gasteiger partial charge in [0.1, 0.15) is 11.5 Å². The number of hydrogen-bond acceptors (Lipinski definition) is 5. The molecule has 1 amide bonds. The Hall–Kier alpha value is -2.36. The minimum Gasteiger partial charge on any atom is -0.492 e. The van der Waals surface area contributed by atoms with Crippen LogP contribution >= 0.6 is 31.9 Å². The summed E-state index contributed by atoms with van der Waals surface area (Å²) in [4.78, 5) is 15.8. The van der Waals surface area contributed by atoms with Gasteiger partial charge in [-0.05, 0) is 59.1 Å². The first kappa shape index (κ1) is 23.3. The Morgan fingerprint density at radius 1 is 1.23 bits per heavy atom. The first-order chi connectivity index (χ1) is 15.0. The molecule has 164 valence electrons. The van der Waals surface area contributed by atoms with Crippen LogP contribution in [0.15, 0.2) is 56.7 Å². The van der Waals surface area contributed by atoms with E-state index in [1.807, 2.05) is 42.6 Å². The van der Waals surface area contributed by atoms with Crippen LogP contribution in [0.3, 0.4) is 0 Å². The molecule has 3 rings (SSSR count). The lowest BCUT2D eigenvalue weighted by Gasteiger charge is -2.14. The van der Waals surface area contributed by atoms with E-state index in [0.29, 0.717) is 38.3 Å². The third-order valence-electron chi connectivity index (χ3n) is 4.78. The monoisotopic (exact) mass is 550 g/mol. The average molecular weight is 552 g/mol. The maximum Gasteiger partial charge on any atom is 0.269 e. The average Bonchev–Trinajstić information content (AvgIpc) is 3.16. The maximum atomic E-state index is 12.6. The van der Waals surface area contributed by atoms with E-state index < -0.39 is 5.91 Å². The molecule has 7 nitrogen and oxygen atoms in total. The predicted octanol–water partition coefficient (Wildman–Crippen LogP) is 4.15. The summed E-state index contributed by atoms with van der Waals surface area (Å²) < 4.78 is 7.40. The Balaban J connectivity index is 1.64. The highest BCUT2D eigenvalue weighted by Crippen LogP contribution is 2.33. The highest BCUT2D eigenvalue weighted by atomic mass is 79.9. The minimum absolute atomic E-state index is 0.00704. The van der Waals surface area contributed by atoms with E-state index in [-0.39, 0.29) is 12.1 Å². The number of H-pyrrole nitrogens is 1. The first-order valence-electron chi connectivity index (χ1n) is 9.88. The van der Waals surface area contributed by atoms with Crippen LogP contribution in [0.5, 0.6) is 5.75 Å². The molecule has 0 spiro atoms. The fourth-order valence-electron chi connectivity index (χ4n) is 3.26. The number of ether oxygens (including phenoxy) is 1. The van der Waals surface area contributed by atoms with Gasteiger partial charge in [-0.2, -0.15) is 0 Å². The van der Waals surface area contributed by atoms with Gasteiger partial charge in [-0.3, -0.25) is 4.79 Å². The molecule has 31 heavy (non-hydrogen) atoms. The molecule has 0 saturated heterocycles. The quantitative estimate of drug-likeness (QED) is 0.131. The largest absolute Gasteiger partial charge is 0.492 e. The van der Waals surface area contributed by atoms with Gasteiger partial charge in [0, 0.05) is 40.1 Å². The summed E-state index contributed by atoms with van der Waals surface area (Å²) >= 11 is 6.94. The second kappa shape index (κ2) is 11.3. The van der Waals surface area contributed by atoms with Crippen LogP contribution in [0.4, 0.5) is 0 Å². The molecule has 0 saturated carbocycles. The summed E-state index contributed by atoms with van der Waals surface area (Å²) in [5, 5.41) is 16.7. The van der Waals surface area contributed by atoms with Crippen molar-refractivity contribution in [3.63, 3.8) is 0 Å². The Morgan fingerprint density at radius 3 is 2.81 bits per heavy atom. The van der Waals surface area contributed by atoms with E-state index in [9.17, 15) is 10.0 Å². The number of nitrogens with zero attached hydrogens (tertiary/aromatic N) is 1. The number of aromatic nitrogens is 1. The lowest BCUT2D eigenvalue weighted by atomic mass is 10.1. The lowest BCUT2D eigenvalue weighted by Crippen LogP contribution is -2.33. The molecule has 0 fully saturated rings. The number of oxime groups is 1. The molecule has 1 heterocycles. The Labute approximate surface area is 197 Å². The second-order valence-corrected chi connectivity index (χ2v) is 8.73. The number of fused-ring (bicyclic) bond motifs is 1. The zero-order chi connectivity index (χ0) is 22.2. The number of carbonyl (C=O) groups excluding carboxylic acids is 1. The van der Waals surface area contributed by atoms with Crippen molar-refractivity contribution in [1.82, 2.24) is 10.3 Å². The molecule has 9 heteroatoms. The number of para-hydroxylation sites is 1. The van der Waals surface area contributed by atoms with Crippen molar-refractivity contribution in [1.29, 1.82) is 0 Å². The predicted molar refractivity (Wildman–Crippen MR) is 129 cm³/mol. The number of halogens is 2. The third-order valence-corrected chi connectivity index (χ3v) is 5.82. The van der Waals surface area contributed by atoms with E-state index in [4.69, 9.17) is 10.5 Å². The number of rotatable bonds is 10. The van der Waals surface area contributed by atoms with Crippen LogP contribution < -0.4 is 15.8 Å². The van der Waals surface area contributed by atoms with Gasteiger partial charge in [-0.15, -0.1) is 0 Å². The van der Waals surface area contributed by atoms with Crippen molar-refractivity contribution in [2.75, 3.05) is 19.7 Å². The van der Waals surface area contributed by atoms with Crippen LogP contribution in [0.2, 0.25) is 0 Å². The van der Waals surface area contributed by atoms with Gasteiger partial charge in [-0.1, -0.05) is 39.3 Å². The van der Waals surface area contributed by atoms with Gasteiger partial charge in [0.25, 0.3) is 5.91 Å². The van der Waals surface area contributed by atoms with Gasteiger partial charge < -0.3 is 26.0 Å². The second-order valence-electron chi connectivity index (χ2n) is 6.96. The number of carbonyl (C=O) groups is 1. The fourth-order valence-corrected chi connectivity index (χ4v) is 4.68. The molecule has 0 aliphatic heterocycles. The van der Waals surface area contributed by atoms with E-state index >= 15 is 0 Å². The van der Waals surface area contributed by atoms with Gasteiger partial charge in [-0.25, -0.2) is 0 Å². The zero-order valence-electron chi connectivity index (χ0n) is 16.8. The summed E-state index contributed by atoms with van der Waals surface area (Å²) in [5.74, 6) is 0.177. The van der Waals surface area contributed by atoms with Crippen molar-refractivity contribution < 1.29 is 14.7 Å². The smallest absolute Gasteiger partial charge is 0.269 e. The van der Waals surface area contributed by atoms with Gasteiger partial charge in [0.2, 0.25) is 0 Å². The molecule has 2 aromatic carbocycles. The summed E-state index contributed by atoms with van der Waals surface area (Å²) in [6.07, 6.45) is 3.43. The molecule has 0 aliphatic rings. The molecule has 1 aromatic heterocycles. The highest BCUT2D eigenvalue weighted by molar-refractivity contribution is 9.11. The van der Waals surface area contributed by atoms with Gasteiger partial charge in [0.05, 0.1) is 11.1 Å². The van der Waals surface area contributed by atoms with Crippen molar-refractivity contribution in [2.45, 2.75) is 19.3 Å². The number of aromatic amines is 1. The minimum atomic E-state index is -0.425. The number of amides is 1. The molecule has 0 atom stereocenters. The lowest BCUT2D eigenvalue weighted by molar-refractivity contribution is -0.115. The van der Waals surface area contributed by atoms with Crippen LogP contribution in [0.25, 0.3) is 10.9 Å². The molecule has 0 radical (unpaired) electrons. The Kier molecular flexibility index (Phi) is 8.51. The normalized spacial score (nSPS) is 11.6. The molecular formula is C22H24Br2N4O3. The molecule has 3 aromatic rings. The Morgan fingerprint density at radius 2 is 2.03 bits per heavy atom. The number of benzene rings is 2. The van der Waals surface area contributed by atoms with Crippen molar-refractivity contribution in [3.8, 4) is 5.75 Å². The molecule has 0 aliphatic carbocycles. The summed E-state index contributed by atoms with van der Waals surface area (Å²) in [6, 6.07) is 11.7. The molecule has 5 N–H and O–H groups in total. The standard InChI is InChI=1S/C22H24Br2N4O3/c23-16-10-15(21(18(24)12-16)31-9-3-7-25)11-20(28-30)22(29)26-8-6-14-13-27-19-5-2-1-4-17(14)19/h1-2,4-5,10,12-13,27,30H,3,6-9,11,25H2,(H,26,29)/b28-20-. The first-order valence-corrected chi connectivity index (χ1v) is 11.5. The van der Waals surface area contributed by atoms with E-state index in [1.54, 1.807) is 0 Å². The molecule has 0 bridgehead atoms. The Bertz CT molecular complexity index is 1080. The summed E-state index contributed by atoms with van der Waals surface area (Å²) in [6.45, 7) is 1.39. The SMILES string of the molecule is NCCCOc1c(Br)cc(Br)cc1C/C(=N/O)C(=O)NCCc1c[nH]c2ccccc12. The maximum absolute atomic E-state index is 12.6.